The van der Waals surface area contributed by atoms with Crippen LogP contribution in [0.2, 0.25) is 5.02 Å². The van der Waals surface area contributed by atoms with Gasteiger partial charge in [0.05, 0.1) is 23.8 Å². The Morgan fingerprint density at radius 3 is 2.54 bits per heavy atom. The number of fused-ring (bicyclic) bond motifs is 2. The van der Waals surface area contributed by atoms with Crippen molar-refractivity contribution in [3.8, 4) is 5.75 Å². The number of rotatable bonds is 12. The van der Waals surface area contributed by atoms with Gasteiger partial charge in [-0.25, -0.2) is 4.98 Å². The summed E-state index contributed by atoms with van der Waals surface area (Å²) in [6.45, 7) is 8.83. The number of aromatic nitrogens is 1. The highest BCUT2D eigenvalue weighted by Gasteiger charge is 2.12. The molecular weight excluding hydrogens is 454 g/mol. The average Bonchev–Trinajstić information content (AvgIpc) is 2.88. The highest BCUT2D eigenvalue weighted by molar-refractivity contribution is 6.31. The normalized spacial score (nSPS) is 12.4. The van der Waals surface area contributed by atoms with Crippen LogP contribution in [-0.4, -0.2) is 43.2 Å². The zero-order chi connectivity index (χ0) is 24.6. The van der Waals surface area contributed by atoms with Crippen LogP contribution in [0.15, 0.2) is 66.7 Å². The molecule has 1 N–H and O–H groups in total. The van der Waals surface area contributed by atoms with Gasteiger partial charge in [0, 0.05) is 22.3 Å². The van der Waals surface area contributed by atoms with Crippen LogP contribution in [0.3, 0.4) is 0 Å². The lowest BCUT2D eigenvalue weighted by Gasteiger charge is -2.24. The Bertz CT molecular complexity index is 1240. The molecule has 1 heterocycles. The third-order valence-electron chi connectivity index (χ3n) is 6.68. The van der Waals surface area contributed by atoms with Crippen LogP contribution in [0.4, 0.5) is 5.69 Å². The Morgan fingerprint density at radius 1 is 0.943 bits per heavy atom. The lowest BCUT2D eigenvalue weighted by molar-refractivity contribution is 0.264. The first kappa shape index (κ1) is 25.3. The summed E-state index contributed by atoms with van der Waals surface area (Å²) in [5.41, 5.74) is 4.36. The first-order valence-corrected chi connectivity index (χ1v) is 13.0. The zero-order valence-electron chi connectivity index (χ0n) is 21.1. The zero-order valence-corrected chi connectivity index (χ0v) is 21.8. The van der Waals surface area contributed by atoms with Crippen molar-refractivity contribution in [3.05, 3.63) is 77.3 Å². The predicted molar refractivity (Wildman–Crippen MR) is 150 cm³/mol. The fourth-order valence-electron chi connectivity index (χ4n) is 4.71. The summed E-state index contributed by atoms with van der Waals surface area (Å²) < 4.78 is 5.49. The highest BCUT2D eigenvalue weighted by Crippen LogP contribution is 2.34. The molecule has 0 amide bonds. The van der Waals surface area contributed by atoms with E-state index in [9.17, 15) is 0 Å². The topological polar surface area (TPSA) is 37.4 Å². The number of methoxy groups -OCH3 is 1. The van der Waals surface area contributed by atoms with Crippen LogP contribution >= 0.6 is 11.6 Å². The smallest absolute Gasteiger partial charge is 0.119 e. The molecule has 184 valence electrons. The Balaban J connectivity index is 1.43. The maximum Gasteiger partial charge on any atom is 0.119 e. The molecule has 0 saturated heterocycles. The summed E-state index contributed by atoms with van der Waals surface area (Å²) in [7, 11) is 1.70. The van der Waals surface area contributed by atoms with Crippen LogP contribution in [0.5, 0.6) is 5.75 Å². The van der Waals surface area contributed by atoms with Gasteiger partial charge in [-0.2, -0.15) is 0 Å². The Labute approximate surface area is 214 Å². The van der Waals surface area contributed by atoms with Crippen molar-refractivity contribution in [2.24, 2.45) is 0 Å². The van der Waals surface area contributed by atoms with Crippen LogP contribution in [-0.2, 0) is 0 Å². The largest absolute Gasteiger partial charge is 0.497 e. The van der Waals surface area contributed by atoms with E-state index >= 15 is 0 Å². The van der Waals surface area contributed by atoms with Crippen molar-refractivity contribution in [2.45, 2.75) is 39.0 Å². The van der Waals surface area contributed by atoms with E-state index in [1.807, 2.05) is 24.3 Å². The first-order chi connectivity index (χ1) is 17.1. The molecule has 0 aliphatic heterocycles. The van der Waals surface area contributed by atoms with Gasteiger partial charge < -0.3 is 15.0 Å². The number of nitrogens with one attached hydrogen (secondary N) is 1. The van der Waals surface area contributed by atoms with Crippen molar-refractivity contribution in [2.75, 3.05) is 38.6 Å². The number of nitrogens with zero attached hydrogens (tertiary/aromatic N) is 2. The van der Waals surface area contributed by atoms with Crippen LogP contribution in [0, 0.1) is 0 Å². The van der Waals surface area contributed by atoms with Gasteiger partial charge >= 0.3 is 0 Å². The van der Waals surface area contributed by atoms with Gasteiger partial charge in [0.25, 0.3) is 0 Å². The SMILES string of the molecule is CCCN(CCCNc1c2ccc(Cl)cc2nc2ccc(OC)cc12)CCC(C)c1ccccc1. The molecule has 1 atom stereocenters. The average molecular weight is 490 g/mol. The second kappa shape index (κ2) is 12.2. The monoisotopic (exact) mass is 489 g/mol. The molecule has 0 aliphatic rings. The molecule has 4 nitrogen and oxygen atoms in total. The molecule has 0 saturated carbocycles. The number of pyridine rings is 1. The lowest BCUT2D eigenvalue weighted by Crippen LogP contribution is -2.29. The summed E-state index contributed by atoms with van der Waals surface area (Å²) in [5, 5.41) is 6.57. The van der Waals surface area contributed by atoms with Crippen LogP contribution in [0.1, 0.15) is 44.6 Å². The maximum absolute atomic E-state index is 6.27. The third-order valence-corrected chi connectivity index (χ3v) is 6.92. The molecule has 35 heavy (non-hydrogen) atoms. The van der Waals surface area contributed by atoms with Crippen molar-refractivity contribution >= 4 is 39.1 Å². The molecule has 1 aromatic heterocycles. The van der Waals surface area contributed by atoms with E-state index in [0.717, 1.165) is 65.8 Å². The molecular formula is C30H36ClN3O. The number of ether oxygens (including phenoxy) is 1. The minimum Gasteiger partial charge on any atom is -0.497 e. The Hall–Kier alpha value is -2.82. The predicted octanol–water partition coefficient (Wildman–Crippen LogP) is 7.76. The summed E-state index contributed by atoms with van der Waals surface area (Å²) in [6, 6.07) is 22.8. The van der Waals surface area contributed by atoms with Gasteiger partial charge in [-0.3, -0.25) is 0 Å². The fraction of sp³-hybridized carbons (Fsp3) is 0.367. The Morgan fingerprint density at radius 2 is 1.77 bits per heavy atom. The van der Waals surface area contributed by atoms with E-state index in [4.69, 9.17) is 21.3 Å². The number of anilines is 1. The number of halogens is 1. The molecule has 0 aliphatic carbocycles. The maximum atomic E-state index is 6.27. The molecule has 1 unspecified atom stereocenters. The number of hydrogen-bond donors (Lipinski definition) is 1. The van der Waals surface area contributed by atoms with Gasteiger partial charge in [0.2, 0.25) is 0 Å². The second-order valence-electron chi connectivity index (χ2n) is 9.25. The summed E-state index contributed by atoms with van der Waals surface area (Å²) in [6.07, 6.45) is 3.42. The molecule has 3 aromatic carbocycles. The van der Waals surface area contributed by atoms with E-state index in [1.54, 1.807) is 7.11 Å². The molecule has 0 radical (unpaired) electrons. The number of benzene rings is 3. The van der Waals surface area contributed by atoms with Gasteiger partial charge in [-0.1, -0.05) is 55.8 Å². The van der Waals surface area contributed by atoms with Crippen molar-refractivity contribution < 1.29 is 4.74 Å². The van der Waals surface area contributed by atoms with Gasteiger partial charge in [0.1, 0.15) is 5.75 Å². The molecule has 0 fully saturated rings. The van der Waals surface area contributed by atoms with E-state index in [2.05, 4.69) is 66.5 Å². The molecule has 0 spiro atoms. The molecule has 4 aromatic rings. The molecule has 5 heteroatoms. The standard InChI is InChI=1S/C30H36ClN3O/c1-4-17-34(19-15-22(2)23-9-6-5-7-10-23)18-8-16-32-30-26-13-11-24(31)20-29(26)33-28-14-12-25(35-3)21-27(28)30/h5-7,9-14,20-22H,4,8,15-19H2,1-3H3,(H,32,33). The summed E-state index contributed by atoms with van der Waals surface area (Å²) in [5.74, 6) is 1.40. The fourth-order valence-corrected chi connectivity index (χ4v) is 4.87. The van der Waals surface area contributed by atoms with E-state index in [-0.39, 0.29) is 0 Å². The highest BCUT2D eigenvalue weighted by atomic mass is 35.5. The first-order valence-electron chi connectivity index (χ1n) is 12.7. The Kier molecular flexibility index (Phi) is 8.84. The van der Waals surface area contributed by atoms with E-state index in [1.165, 1.54) is 18.4 Å². The summed E-state index contributed by atoms with van der Waals surface area (Å²) in [4.78, 5) is 7.44. The second-order valence-corrected chi connectivity index (χ2v) is 9.69. The van der Waals surface area contributed by atoms with Gasteiger partial charge in [-0.15, -0.1) is 0 Å². The van der Waals surface area contributed by atoms with Gasteiger partial charge in [0.15, 0.2) is 0 Å². The van der Waals surface area contributed by atoms with Crippen molar-refractivity contribution in [1.82, 2.24) is 9.88 Å². The van der Waals surface area contributed by atoms with Crippen molar-refractivity contribution in [3.63, 3.8) is 0 Å². The van der Waals surface area contributed by atoms with Crippen molar-refractivity contribution in [1.29, 1.82) is 0 Å². The minimum atomic E-state index is 0.574. The van der Waals surface area contributed by atoms with Gasteiger partial charge in [-0.05, 0) is 86.8 Å². The quantitative estimate of drug-likeness (QED) is 0.163. The molecule has 4 rings (SSSR count). The van der Waals surface area contributed by atoms with E-state index < -0.39 is 0 Å². The third kappa shape index (κ3) is 6.45. The minimum absolute atomic E-state index is 0.574. The van der Waals surface area contributed by atoms with E-state index in [0.29, 0.717) is 10.9 Å². The molecule has 0 bridgehead atoms. The van der Waals surface area contributed by atoms with Crippen LogP contribution in [0.25, 0.3) is 21.8 Å². The van der Waals surface area contributed by atoms with Crippen LogP contribution < -0.4 is 10.1 Å². The number of hydrogen-bond acceptors (Lipinski definition) is 4. The summed E-state index contributed by atoms with van der Waals surface area (Å²) >= 11 is 6.27. The lowest BCUT2D eigenvalue weighted by atomic mass is 9.97.